The van der Waals surface area contributed by atoms with Crippen molar-refractivity contribution in [1.29, 1.82) is 0 Å². The number of imidazole rings is 1. The minimum Gasteiger partial charge on any atom is -0.320 e. The first kappa shape index (κ1) is 18.2. The predicted molar refractivity (Wildman–Crippen MR) is 105 cm³/mol. The van der Waals surface area contributed by atoms with Gasteiger partial charge in [0.2, 0.25) is 0 Å². The number of benzene rings is 1. The number of rotatable bonds is 4. The molecule has 0 saturated carbocycles. The highest BCUT2D eigenvalue weighted by Crippen LogP contribution is 2.23. The van der Waals surface area contributed by atoms with Gasteiger partial charge in [0, 0.05) is 12.4 Å². The summed E-state index contributed by atoms with van der Waals surface area (Å²) in [4.78, 5) is 17.1. The zero-order chi connectivity index (χ0) is 19.8. The number of anilines is 1. The Morgan fingerprint density at radius 1 is 1.14 bits per heavy atom. The first-order valence-corrected chi connectivity index (χ1v) is 9.02. The van der Waals surface area contributed by atoms with E-state index in [1.165, 1.54) is 16.8 Å². The average Bonchev–Trinajstić information content (AvgIpc) is 3.15. The lowest BCUT2D eigenvalue weighted by atomic mass is 10.2. The number of halogens is 2. The summed E-state index contributed by atoms with van der Waals surface area (Å²) in [5.41, 5.74) is 3.98. The van der Waals surface area contributed by atoms with E-state index in [4.69, 9.17) is 11.6 Å². The second kappa shape index (κ2) is 7.09. The summed E-state index contributed by atoms with van der Waals surface area (Å²) >= 11 is 6.42. The molecule has 0 spiro atoms. The van der Waals surface area contributed by atoms with E-state index < -0.39 is 0 Å². The number of nitrogens with zero attached hydrogens (tertiary/aromatic N) is 4. The van der Waals surface area contributed by atoms with Gasteiger partial charge >= 0.3 is 0 Å². The van der Waals surface area contributed by atoms with Crippen molar-refractivity contribution < 1.29 is 9.18 Å². The largest absolute Gasteiger partial charge is 0.320 e. The maximum Gasteiger partial charge on any atom is 0.260 e. The molecular weight excluding hydrogens is 381 g/mol. The molecule has 1 aromatic carbocycles. The summed E-state index contributed by atoms with van der Waals surface area (Å²) in [5, 5.41) is 7.44. The minimum absolute atomic E-state index is 0.235. The molecule has 4 rings (SSSR count). The van der Waals surface area contributed by atoms with Crippen molar-refractivity contribution >= 4 is 28.8 Å². The molecule has 0 aliphatic carbocycles. The van der Waals surface area contributed by atoms with Crippen LogP contribution in [-0.2, 0) is 6.54 Å². The summed E-state index contributed by atoms with van der Waals surface area (Å²) < 4.78 is 16.5. The van der Waals surface area contributed by atoms with Gasteiger partial charge in [-0.05, 0) is 43.7 Å². The third kappa shape index (κ3) is 3.48. The Bertz CT molecular complexity index is 1180. The van der Waals surface area contributed by atoms with Crippen molar-refractivity contribution in [2.24, 2.45) is 0 Å². The van der Waals surface area contributed by atoms with Crippen LogP contribution >= 0.6 is 11.6 Å². The first-order valence-electron chi connectivity index (χ1n) is 8.65. The molecule has 8 heteroatoms. The normalized spacial score (nSPS) is 11.1. The maximum absolute atomic E-state index is 13.1. The molecule has 4 aromatic rings. The van der Waals surface area contributed by atoms with Crippen molar-refractivity contribution in [2.75, 3.05) is 5.32 Å². The van der Waals surface area contributed by atoms with Crippen LogP contribution in [-0.4, -0.2) is 25.1 Å². The second-order valence-electron chi connectivity index (χ2n) is 6.55. The molecule has 3 heterocycles. The summed E-state index contributed by atoms with van der Waals surface area (Å²) in [6, 6.07) is 9.68. The van der Waals surface area contributed by atoms with Crippen LogP contribution in [0.2, 0.25) is 5.15 Å². The van der Waals surface area contributed by atoms with E-state index in [9.17, 15) is 9.18 Å². The van der Waals surface area contributed by atoms with Crippen molar-refractivity contribution in [3.63, 3.8) is 0 Å². The zero-order valence-corrected chi connectivity index (χ0v) is 16.0. The van der Waals surface area contributed by atoms with Gasteiger partial charge in [0.1, 0.15) is 16.6 Å². The second-order valence-corrected chi connectivity index (χ2v) is 6.91. The summed E-state index contributed by atoms with van der Waals surface area (Å²) in [6.45, 7) is 3.97. The monoisotopic (exact) mass is 397 g/mol. The van der Waals surface area contributed by atoms with E-state index in [-0.39, 0.29) is 16.9 Å². The molecule has 3 aromatic heterocycles. The number of hydrogen-bond donors (Lipinski definition) is 1. The third-order valence-electron chi connectivity index (χ3n) is 4.37. The topological polar surface area (TPSA) is 64.2 Å². The molecule has 0 fully saturated rings. The Kier molecular flexibility index (Phi) is 4.60. The number of fused-ring (bicyclic) bond motifs is 1. The van der Waals surface area contributed by atoms with E-state index >= 15 is 0 Å². The molecule has 0 saturated heterocycles. The molecule has 0 atom stereocenters. The van der Waals surface area contributed by atoms with Crippen LogP contribution in [0.4, 0.5) is 10.1 Å². The van der Waals surface area contributed by atoms with E-state index in [2.05, 4.69) is 15.4 Å². The molecule has 0 bridgehead atoms. The fourth-order valence-corrected chi connectivity index (χ4v) is 3.39. The van der Waals surface area contributed by atoms with Gasteiger partial charge in [0.25, 0.3) is 5.91 Å². The quantitative estimate of drug-likeness (QED) is 0.560. The molecule has 1 amide bonds. The number of carbonyl (C=O) groups excluding carboxylic acids is 1. The molecular formula is C20H17ClFN5O. The molecule has 142 valence electrons. The number of hydrogen-bond acceptors (Lipinski definition) is 3. The van der Waals surface area contributed by atoms with Gasteiger partial charge in [0.05, 0.1) is 29.2 Å². The minimum atomic E-state index is -0.343. The lowest BCUT2D eigenvalue weighted by Gasteiger charge is -2.06. The van der Waals surface area contributed by atoms with Crippen LogP contribution < -0.4 is 5.32 Å². The van der Waals surface area contributed by atoms with E-state index in [1.807, 2.05) is 23.6 Å². The standard InChI is InChI=1S/C20H17ClFN5O/c1-12-9-26-11-16(7-8-17(26)23-12)24-20(28)18-13(2)25-27(19(18)21)10-14-3-5-15(22)6-4-14/h3-9,11H,10H2,1-2H3,(H,24,28). The number of aromatic nitrogens is 4. The lowest BCUT2D eigenvalue weighted by molar-refractivity contribution is 0.102. The van der Waals surface area contributed by atoms with Crippen LogP contribution in [0.1, 0.15) is 27.3 Å². The third-order valence-corrected chi connectivity index (χ3v) is 4.75. The fraction of sp³-hybridized carbons (Fsp3) is 0.150. The Balaban J connectivity index is 1.58. The molecule has 0 aliphatic rings. The van der Waals surface area contributed by atoms with Crippen molar-refractivity contribution in [3.8, 4) is 0 Å². The van der Waals surface area contributed by atoms with E-state index in [0.717, 1.165) is 16.9 Å². The highest BCUT2D eigenvalue weighted by Gasteiger charge is 2.21. The SMILES string of the molecule is Cc1cn2cc(NC(=O)c3c(C)nn(Cc4ccc(F)cc4)c3Cl)ccc2n1. The van der Waals surface area contributed by atoms with Crippen molar-refractivity contribution in [2.45, 2.75) is 20.4 Å². The van der Waals surface area contributed by atoms with Gasteiger partial charge in [-0.1, -0.05) is 23.7 Å². The number of carbonyl (C=O) groups is 1. The van der Waals surface area contributed by atoms with Gasteiger partial charge in [-0.25, -0.2) is 14.1 Å². The van der Waals surface area contributed by atoms with E-state index in [0.29, 0.717) is 23.5 Å². The Labute approximate surface area is 165 Å². The molecule has 1 N–H and O–H groups in total. The number of nitrogens with one attached hydrogen (secondary N) is 1. The average molecular weight is 398 g/mol. The van der Waals surface area contributed by atoms with Crippen LogP contribution in [0.25, 0.3) is 5.65 Å². The fourth-order valence-electron chi connectivity index (χ4n) is 3.06. The van der Waals surface area contributed by atoms with Crippen molar-refractivity contribution in [1.82, 2.24) is 19.2 Å². The Morgan fingerprint density at radius 3 is 2.64 bits per heavy atom. The molecule has 0 radical (unpaired) electrons. The molecule has 28 heavy (non-hydrogen) atoms. The van der Waals surface area contributed by atoms with Gasteiger partial charge in [-0.2, -0.15) is 5.10 Å². The van der Waals surface area contributed by atoms with Crippen LogP contribution in [0, 0.1) is 19.7 Å². The molecule has 0 unspecified atom stereocenters. The maximum atomic E-state index is 13.1. The summed E-state index contributed by atoms with van der Waals surface area (Å²) in [5.74, 6) is -0.652. The smallest absolute Gasteiger partial charge is 0.260 e. The van der Waals surface area contributed by atoms with E-state index in [1.54, 1.807) is 31.3 Å². The highest BCUT2D eigenvalue weighted by molar-refractivity contribution is 6.33. The van der Waals surface area contributed by atoms with Crippen LogP contribution in [0.3, 0.4) is 0 Å². The van der Waals surface area contributed by atoms with Gasteiger partial charge < -0.3 is 9.72 Å². The molecule has 0 aliphatic heterocycles. The highest BCUT2D eigenvalue weighted by atomic mass is 35.5. The van der Waals surface area contributed by atoms with Crippen LogP contribution in [0.5, 0.6) is 0 Å². The zero-order valence-electron chi connectivity index (χ0n) is 15.3. The number of pyridine rings is 1. The first-order chi connectivity index (χ1) is 13.4. The van der Waals surface area contributed by atoms with Crippen LogP contribution in [0.15, 0.2) is 48.8 Å². The van der Waals surface area contributed by atoms with Gasteiger partial charge in [-0.3, -0.25) is 4.79 Å². The Hall–Kier alpha value is -3.19. The lowest BCUT2D eigenvalue weighted by Crippen LogP contribution is -2.13. The van der Waals surface area contributed by atoms with Gasteiger partial charge in [0.15, 0.2) is 0 Å². The molecule has 6 nitrogen and oxygen atoms in total. The Morgan fingerprint density at radius 2 is 1.89 bits per heavy atom. The summed E-state index contributed by atoms with van der Waals surface area (Å²) in [7, 11) is 0. The predicted octanol–water partition coefficient (Wildman–Crippen LogP) is 4.24. The summed E-state index contributed by atoms with van der Waals surface area (Å²) in [6.07, 6.45) is 3.67. The van der Waals surface area contributed by atoms with Crippen molar-refractivity contribution in [3.05, 3.63) is 82.3 Å². The number of amides is 1. The van der Waals surface area contributed by atoms with Gasteiger partial charge in [-0.15, -0.1) is 0 Å². The number of aryl methyl sites for hydroxylation is 2.